The van der Waals surface area contributed by atoms with Gasteiger partial charge in [0.15, 0.2) is 0 Å². The molecule has 0 radical (unpaired) electrons. The fourth-order valence-electron chi connectivity index (χ4n) is 1.84. The molecule has 1 aliphatic heterocycles. The summed E-state index contributed by atoms with van der Waals surface area (Å²) >= 11 is 4.07. The predicted molar refractivity (Wildman–Crippen MR) is 63.2 cm³/mol. The first kappa shape index (κ1) is 12.8. The Morgan fingerprint density at radius 3 is 2.73 bits per heavy atom. The minimum absolute atomic E-state index is 0.199. The Labute approximate surface area is 96.6 Å². The van der Waals surface area contributed by atoms with Gasteiger partial charge in [-0.25, -0.2) is 0 Å². The largest absolute Gasteiger partial charge is 0.395 e. The highest BCUT2D eigenvalue weighted by atomic mass is 32.1. The molecule has 0 aromatic rings. The molecule has 1 fully saturated rings. The fourth-order valence-corrected chi connectivity index (χ4v) is 2.03. The van der Waals surface area contributed by atoms with Gasteiger partial charge in [-0.05, 0) is 18.7 Å². The number of hydrogen-bond donors (Lipinski definition) is 2. The van der Waals surface area contributed by atoms with Crippen molar-refractivity contribution in [2.45, 2.75) is 12.8 Å². The van der Waals surface area contributed by atoms with Crippen molar-refractivity contribution in [3.05, 3.63) is 0 Å². The van der Waals surface area contributed by atoms with Gasteiger partial charge >= 0.3 is 0 Å². The summed E-state index contributed by atoms with van der Waals surface area (Å²) in [7, 11) is 0. The van der Waals surface area contributed by atoms with Crippen molar-refractivity contribution in [3.8, 4) is 0 Å². The van der Waals surface area contributed by atoms with Crippen molar-refractivity contribution < 1.29 is 9.90 Å². The van der Waals surface area contributed by atoms with Gasteiger partial charge in [0, 0.05) is 32.6 Å². The molecule has 5 heteroatoms. The molecule has 0 aromatic carbocycles. The monoisotopic (exact) mass is 232 g/mol. The van der Waals surface area contributed by atoms with E-state index in [4.69, 9.17) is 5.11 Å². The molecule has 0 bridgehead atoms. The van der Waals surface area contributed by atoms with Gasteiger partial charge in [0.05, 0.1) is 6.61 Å². The lowest BCUT2D eigenvalue weighted by atomic mass is 10.3. The Balaban J connectivity index is 2.35. The van der Waals surface area contributed by atoms with Crippen LogP contribution in [0.4, 0.5) is 0 Å². The molecule has 1 heterocycles. The minimum atomic E-state index is 0.199. The van der Waals surface area contributed by atoms with Crippen molar-refractivity contribution in [2.24, 2.45) is 0 Å². The van der Waals surface area contributed by atoms with Crippen molar-refractivity contribution in [3.63, 3.8) is 0 Å². The predicted octanol–water partition coefficient (Wildman–Crippen LogP) is -0.167. The molecule has 1 N–H and O–H groups in total. The normalized spacial score (nSPS) is 18.9. The molecule has 0 aliphatic carbocycles. The molecule has 1 saturated heterocycles. The molecule has 88 valence electrons. The number of β-amino-alcohol motifs (C(OH)–C–C–N with tert-alkyl or cyclic N) is 1. The summed E-state index contributed by atoms with van der Waals surface area (Å²) in [4.78, 5) is 15.7. The minimum Gasteiger partial charge on any atom is -0.395 e. The summed E-state index contributed by atoms with van der Waals surface area (Å²) in [6.07, 6.45) is 1.53. The van der Waals surface area contributed by atoms with Gasteiger partial charge in [0.1, 0.15) is 0 Å². The van der Waals surface area contributed by atoms with E-state index in [9.17, 15) is 4.79 Å². The van der Waals surface area contributed by atoms with Crippen molar-refractivity contribution in [1.29, 1.82) is 0 Å². The lowest BCUT2D eigenvalue weighted by Gasteiger charge is -2.21. The number of hydrogen-bond acceptors (Lipinski definition) is 4. The van der Waals surface area contributed by atoms with E-state index in [0.717, 1.165) is 32.6 Å². The summed E-state index contributed by atoms with van der Waals surface area (Å²) in [6.45, 7) is 4.39. The van der Waals surface area contributed by atoms with E-state index >= 15 is 0 Å². The maximum atomic E-state index is 11.6. The maximum Gasteiger partial charge on any atom is 0.223 e. The standard InChI is InChI=1S/C10H20N2O2S/c13-8-7-11-3-1-4-12(6-5-11)10(14)2-9-15/h13,15H,1-9H2. The topological polar surface area (TPSA) is 43.8 Å². The third kappa shape index (κ3) is 4.40. The van der Waals surface area contributed by atoms with Gasteiger partial charge in [0.2, 0.25) is 5.91 Å². The molecule has 1 amide bonds. The van der Waals surface area contributed by atoms with Crippen LogP contribution in [-0.2, 0) is 4.79 Å². The number of rotatable bonds is 4. The van der Waals surface area contributed by atoms with Gasteiger partial charge < -0.3 is 10.0 Å². The highest BCUT2D eigenvalue weighted by Gasteiger charge is 2.17. The van der Waals surface area contributed by atoms with Gasteiger partial charge in [-0.1, -0.05) is 0 Å². The van der Waals surface area contributed by atoms with Crippen LogP contribution in [-0.4, -0.2) is 65.9 Å². The maximum absolute atomic E-state index is 11.6. The molecule has 15 heavy (non-hydrogen) atoms. The second-order valence-electron chi connectivity index (χ2n) is 3.77. The molecule has 0 aromatic heterocycles. The average molecular weight is 232 g/mol. The average Bonchev–Trinajstić information content (AvgIpc) is 2.44. The molecule has 4 nitrogen and oxygen atoms in total. The fraction of sp³-hybridized carbons (Fsp3) is 0.900. The molecular weight excluding hydrogens is 212 g/mol. The Morgan fingerprint density at radius 1 is 1.27 bits per heavy atom. The van der Waals surface area contributed by atoms with Crippen molar-refractivity contribution in [1.82, 2.24) is 9.80 Å². The van der Waals surface area contributed by atoms with Gasteiger partial charge in [0.25, 0.3) is 0 Å². The van der Waals surface area contributed by atoms with Crippen LogP contribution in [0.3, 0.4) is 0 Å². The quantitative estimate of drug-likeness (QED) is 0.662. The number of carbonyl (C=O) groups excluding carboxylic acids is 1. The van der Waals surface area contributed by atoms with E-state index in [-0.39, 0.29) is 12.5 Å². The molecular formula is C10H20N2O2S. The lowest BCUT2D eigenvalue weighted by molar-refractivity contribution is -0.130. The molecule has 0 spiro atoms. The number of aliphatic hydroxyl groups is 1. The van der Waals surface area contributed by atoms with E-state index in [1.807, 2.05) is 4.90 Å². The van der Waals surface area contributed by atoms with E-state index in [0.29, 0.717) is 18.7 Å². The van der Waals surface area contributed by atoms with Crippen LogP contribution < -0.4 is 0 Å². The Bertz CT molecular complexity index is 202. The molecule has 1 rings (SSSR count). The smallest absolute Gasteiger partial charge is 0.223 e. The lowest BCUT2D eigenvalue weighted by Crippen LogP contribution is -2.35. The van der Waals surface area contributed by atoms with E-state index in [1.54, 1.807) is 0 Å². The van der Waals surface area contributed by atoms with E-state index in [2.05, 4.69) is 17.5 Å². The van der Waals surface area contributed by atoms with Crippen LogP contribution in [0.15, 0.2) is 0 Å². The van der Waals surface area contributed by atoms with Gasteiger partial charge in [-0.15, -0.1) is 0 Å². The zero-order valence-electron chi connectivity index (χ0n) is 9.06. The van der Waals surface area contributed by atoms with Crippen LogP contribution in [0, 0.1) is 0 Å². The first-order valence-electron chi connectivity index (χ1n) is 5.49. The summed E-state index contributed by atoms with van der Waals surface area (Å²) < 4.78 is 0. The van der Waals surface area contributed by atoms with Gasteiger partial charge in [-0.2, -0.15) is 12.6 Å². The van der Waals surface area contributed by atoms with Crippen LogP contribution in [0.2, 0.25) is 0 Å². The van der Waals surface area contributed by atoms with Gasteiger partial charge in [-0.3, -0.25) is 9.69 Å². The van der Waals surface area contributed by atoms with Crippen LogP contribution >= 0.6 is 12.6 Å². The first-order valence-corrected chi connectivity index (χ1v) is 6.13. The SMILES string of the molecule is O=C(CCS)N1CCCN(CCO)CC1. The zero-order chi connectivity index (χ0) is 11.1. The van der Waals surface area contributed by atoms with Crippen molar-refractivity contribution >= 4 is 18.5 Å². The molecule has 0 atom stereocenters. The van der Waals surface area contributed by atoms with Crippen molar-refractivity contribution in [2.75, 3.05) is 45.1 Å². The summed E-state index contributed by atoms with van der Waals surface area (Å²) in [5.74, 6) is 0.825. The summed E-state index contributed by atoms with van der Waals surface area (Å²) in [5, 5.41) is 8.84. The Kier molecular flexibility index (Phi) is 6.05. The number of nitrogens with zero attached hydrogens (tertiary/aromatic N) is 2. The Hall–Kier alpha value is -0.260. The number of aliphatic hydroxyl groups excluding tert-OH is 1. The van der Waals surface area contributed by atoms with Crippen LogP contribution in [0.5, 0.6) is 0 Å². The zero-order valence-corrected chi connectivity index (χ0v) is 9.96. The first-order chi connectivity index (χ1) is 7.27. The van der Waals surface area contributed by atoms with E-state index < -0.39 is 0 Å². The third-order valence-electron chi connectivity index (χ3n) is 2.68. The number of carbonyl (C=O) groups is 1. The molecule has 1 aliphatic rings. The Morgan fingerprint density at radius 2 is 2.07 bits per heavy atom. The van der Waals surface area contributed by atoms with E-state index in [1.165, 1.54) is 0 Å². The number of amides is 1. The third-order valence-corrected chi connectivity index (χ3v) is 2.91. The highest BCUT2D eigenvalue weighted by Crippen LogP contribution is 2.04. The molecule has 0 saturated carbocycles. The molecule has 0 unspecified atom stereocenters. The second-order valence-corrected chi connectivity index (χ2v) is 4.22. The summed E-state index contributed by atoms with van der Waals surface area (Å²) in [5.41, 5.74) is 0. The number of thiol groups is 1. The summed E-state index contributed by atoms with van der Waals surface area (Å²) in [6, 6.07) is 0. The van der Waals surface area contributed by atoms with Crippen LogP contribution in [0.1, 0.15) is 12.8 Å². The highest BCUT2D eigenvalue weighted by molar-refractivity contribution is 7.80. The second kappa shape index (κ2) is 7.09. The van der Waals surface area contributed by atoms with Crippen LogP contribution in [0.25, 0.3) is 0 Å².